The topological polar surface area (TPSA) is 107 Å². The average molecular weight is 286 g/mol. The maximum atomic E-state index is 12.0. The third-order valence-corrected chi connectivity index (χ3v) is 3.41. The van der Waals surface area contributed by atoms with Crippen molar-refractivity contribution >= 4 is 38.4 Å². The van der Waals surface area contributed by atoms with Crippen LogP contribution in [0.5, 0.6) is 0 Å². The van der Waals surface area contributed by atoms with Crippen molar-refractivity contribution in [3.8, 4) is 0 Å². The number of anilines is 2. The van der Waals surface area contributed by atoms with Crippen molar-refractivity contribution in [1.29, 1.82) is 0 Å². The third kappa shape index (κ3) is 2.41. The Bertz CT molecular complexity index is 782. The van der Waals surface area contributed by atoms with Crippen LogP contribution < -0.4 is 11.1 Å². The fourth-order valence-electron chi connectivity index (χ4n) is 1.56. The number of carbonyl (C=O) groups excluding carboxylic acids is 1. The number of pyridine rings is 1. The number of carbonyl (C=O) groups is 1. The number of hydrogen-bond donors (Lipinski definition) is 2. The largest absolute Gasteiger partial charge is 0.397 e. The highest BCUT2D eigenvalue weighted by molar-refractivity contribution is 7.22. The average Bonchev–Trinajstić information content (AvgIpc) is 2.80. The molecule has 3 aromatic heterocycles. The van der Waals surface area contributed by atoms with Crippen LogP contribution in [0.4, 0.5) is 10.8 Å². The van der Waals surface area contributed by atoms with Crippen LogP contribution >= 0.6 is 11.3 Å². The van der Waals surface area contributed by atoms with Gasteiger partial charge in [0.2, 0.25) is 0 Å². The number of aryl methyl sites for hydroxylation is 1. The van der Waals surface area contributed by atoms with E-state index in [1.165, 1.54) is 29.9 Å². The van der Waals surface area contributed by atoms with Crippen LogP contribution in [0.2, 0.25) is 0 Å². The molecule has 0 unspecified atom stereocenters. The number of aromatic nitrogens is 4. The molecule has 0 aromatic carbocycles. The van der Waals surface area contributed by atoms with Gasteiger partial charge >= 0.3 is 0 Å². The Kier molecular flexibility index (Phi) is 2.99. The first-order valence-electron chi connectivity index (χ1n) is 5.74. The Morgan fingerprint density at radius 3 is 2.85 bits per heavy atom. The highest BCUT2D eigenvalue weighted by Gasteiger charge is 2.12. The van der Waals surface area contributed by atoms with E-state index < -0.39 is 0 Å². The van der Waals surface area contributed by atoms with Crippen molar-refractivity contribution < 1.29 is 4.79 Å². The summed E-state index contributed by atoms with van der Waals surface area (Å²) in [6.07, 6.45) is 4.49. The molecule has 3 heterocycles. The summed E-state index contributed by atoms with van der Waals surface area (Å²) in [5.41, 5.74) is 7.75. The Morgan fingerprint density at radius 1 is 1.25 bits per heavy atom. The van der Waals surface area contributed by atoms with Gasteiger partial charge in [-0.25, -0.2) is 9.97 Å². The molecular weight excluding hydrogens is 276 g/mol. The predicted octanol–water partition coefficient (Wildman–Crippen LogP) is 1.62. The van der Waals surface area contributed by atoms with Crippen molar-refractivity contribution in [3.05, 3.63) is 36.0 Å². The van der Waals surface area contributed by atoms with Crippen molar-refractivity contribution in [2.75, 3.05) is 11.1 Å². The third-order valence-electron chi connectivity index (χ3n) is 2.50. The number of fused-ring (bicyclic) bond motifs is 1. The summed E-state index contributed by atoms with van der Waals surface area (Å²) in [5.74, 6) is -0.357. The van der Waals surface area contributed by atoms with Crippen LogP contribution in [0.15, 0.2) is 24.7 Å². The lowest BCUT2D eigenvalue weighted by Gasteiger charge is -1.99. The van der Waals surface area contributed by atoms with Crippen molar-refractivity contribution in [2.45, 2.75) is 6.92 Å². The maximum Gasteiger partial charge on any atom is 0.277 e. The number of hydrogen-bond acceptors (Lipinski definition) is 7. The lowest BCUT2D eigenvalue weighted by molar-refractivity contribution is 0.102. The first-order valence-corrected chi connectivity index (χ1v) is 6.55. The fourth-order valence-corrected chi connectivity index (χ4v) is 2.43. The van der Waals surface area contributed by atoms with Gasteiger partial charge in [-0.15, -0.1) is 0 Å². The van der Waals surface area contributed by atoms with Gasteiger partial charge in [-0.1, -0.05) is 11.3 Å². The highest BCUT2D eigenvalue weighted by atomic mass is 32.1. The molecular formula is C12H10N6OS. The lowest BCUT2D eigenvalue weighted by Crippen LogP contribution is -2.13. The maximum absolute atomic E-state index is 12.0. The number of rotatable bonds is 2. The number of nitrogen functional groups attached to an aromatic ring is 1. The number of nitrogens with zero attached hydrogens (tertiary/aromatic N) is 4. The summed E-state index contributed by atoms with van der Waals surface area (Å²) in [5, 5.41) is 3.12. The molecule has 0 aliphatic carbocycles. The van der Waals surface area contributed by atoms with Crippen LogP contribution in [-0.4, -0.2) is 25.8 Å². The van der Waals surface area contributed by atoms with Crippen molar-refractivity contribution in [2.24, 2.45) is 0 Å². The molecule has 0 fully saturated rings. The molecule has 3 aromatic rings. The highest BCUT2D eigenvalue weighted by Crippen LogP contribution is 2.25. The van der Waals surface area contributed by atoms with E-state index in [0.717, 1.165) is 10.4 Å². The molecule has 0 radical (unpaired) electrons. The SMILES string of the molecule is Cc1cnc(C(=O)Nc2nc3ncc(N)cc3s2)cn1. The van der Waals surface area contributed by atoms with Crippen LogP contribution in [0.3, 0.4) is 0 Å². The molecule has 20 heavy (non-hydrogen) atoms. The van der Waals surface area contributed by atoms with Gasteiger partial charge in [0.05, 0.1) is 28.5 Å². The van der Waals surface area contributed by atoms with E-state index in [4.69, 9.17) is 5.73 Å². The standard InChI is InChI=1S/C12H10N6OS/c1-6-3-15-8(5-14-6)11(19)18-12-17-10-9(20-12)2-7(13)4-16-10/h2-5H,13H2,1H3,(H,16,17,18,19). The molecule has 0 atom stereocenters. The second-order valence-electron chi connectivity index (χ2n) is 4.11. The van der Waals surface area contributed by atoms with Crippen LogP contribution in [0.25, 0.3) is 10.3 Å². The van der Waals surface area contributed by atoms with Crippen LogP contribution in [0, 0.1) is 6.92 Å². The predicted molar refractivity (Wildman–Crippen MR) is 76.5 cm³/mol. The van der Waals surface area contributed by atoms with Gasteiger partial charge < -0.3 is 5.73 Å². The van der Waals surface area contributed by atoms with Gasteiger partial charge in [-0.05, 0) is 13.0 Å². The lowest BCUT2D eigenvalue weighted by atomic mass is 10.4. The molecule has 100 valence electrons. The van der Waals surface area contributed by atoms with Gasteiger partial charge in [0.1, 0.15) is 5.69 Å². The van der Waals surface area contributed by atoms with E-state index in [-0.39, 0.29) is 11.6 Å². The zero-order valence-electron chi connectivity index (χ0n) is 10.5. The van der Waals surface area contributed by atoms with E-state index in [1.54, 1.807) is 13.0 Å². The molecule has 0 saturated carbocycles. The van der Waals surface area contributed by atoms with Gasteiger partial charge in [0, 0.05) is 6.20 Å². The van der Waals surface area contributed by atoms with Crippen molar-refractivity contribution in [3.63, 3.8) is 0 Å². The van der Waals surface area contributed by atoms with E-state index in [1.807, 2.05) is 0 Å². The molecule has 0 saturated heterocycles. The first-order chi connectivity index (χ1) is 9.61. The summed E-state index contributed by atoms with van der Waals surface area (Å²) in [4.78, 5) is 28.3. The molecule has 3 N–H and O–H groups in total. The quantitative estimate of drug-likeness (QED) is 0.741. The first kappa shape index (κ1) is 12.4. The molecule has 0 aliphatic rings. The molecule has 8 heteroatoms. The Balaban J connectivity index is 1.85. The molecule has 3 rings (SSSR count). The zero-order chi connectivity index (χ0) is 14.1. The molecule has 1 amide bonds. The number of nitrogens with two attached hydrogens (primary N) is 1. The summed E-state index contributed by atoms with van der Waals surface area (Å²) in [6.45, 7) is 1.80. The summed E-state index contributed by atoms with van der Waals surface area (Å²) in [7, 11) is 0. The zero-order valence-corrected chi connectivity index (χ0v) is 11.3. The van der Waals surface area contributed by atoms with E-state index >= 15 is 0 Å². The van der Waals surface area contributed by atoms with Gasteiger partial charge in [0.25, 0.3) is 5.91 Å². The molecule has 7 nitrogen and oxygen atoms in total. The van der Waals surface area contributed by atoms with Gasteiger partial charge in [-0.3, -0.25) is 15.1 Å². The minimum Gasteiger partial charge on any atom is -0.397 e. The van der Waals surface area contributed by atoms with E-state index in [2.05, 4.69) is 25.3 Å². The monoisotopic (exact) mass is 286 g/mol. The summed E-state index contributed by atoms with van der Waals surface area (Å²) in [6, 6.07) is 1.77. The van der Waals surface area contributed by atoms with Crippen LogP contribution in [0.1, 0.15) is 16.2 Å². The number of amides is 1. The molecule has 0 spiro atoms. The Labute approximate surface area is 117 Å². The summed E-state index contributed by atoms with van der Waals surface area (Å²) >= 11 is 1.30. The van der Waals surface area contributed by atoms with Gasteiger partial charge in [0.15, 0.2) is 10.8 Å². The van der Waals surface area contributed by atoms with E-state index in [0.29, 0.717) is 16.5 Å². The Morgan fingerprint density at radius 2 is 2.10 bits per heavy atom. The smallest absolute Gasteiger partial charge is 0.277 e. The summed E-state index contributed by atoms with van der Waals surface area (Å²) < 4.78 is 0.815. The minimum absolute atomic E-state index is 0.238. The Hall–Kier alpha value is -2.61. The minimum atomic E-state index is -0.357. The van der Waals surface area contributed by atoms with Crippen molar-refractivity contribution in [1.82, 2.24) is 19.9 Å². The normalized spacial score (nSPS) is 10.7. The number of thiazole rings is 1. The molecule has 0 bridgehead atoms. The van der Waals surface area contributed by atoms with E-state index in [9.17, 15) is 4.79 Å². The number of nitrogens with one attached hydrogen (secondary N) is 1. The fraction of sp³-hybridized carbons (Fsp3) is 0.0833. The van der Waals surface area contributed by atoms with Gasteiger partial charge in [-0.2, -0.15) is 4.98 Å². The molecule has 0 aliphatic heterocycles. The second kappa shape index (κ2) is 4.82. The van der Waals surface area contributed by atoms with Crippen LogP contribution in [-0.2, 0) is 0 Å². The second-order valence-corrected chi connectivity index (χ2v) is 5.14.